The van der Waals surface area contributed by atoms with Crippen LogP contribution in [0.2, 0.25) is 15.1 Å². The molecule has 0 aromatic heterocycles. The van der Waals surface area contributed by atoms with E-state index in [1.807, 2.05) is 13.8 Å². The lowest BCUT2D eigenvalue weighted by molar-refractivity contribution is -0.143. The zero-order valence-electron chi connectivity index (χ0n) is 17.7. The SMILES string of the molecule is CCCCNC(=O)[C@H](CC)N(Cc1ccc(Cl)cc1Cl)C(=O)COc1ccccc1Cl. The number of hydrogen-bond acceptors (Lipinski definition) is 3. The number of amides is 2. The van der Waals surface area contributed by atoms with Crippen LogP contribution in [-0.4, -0.2) is 35.9 Å². The maximum absolute atomic E-state index is 13.2. The molecule has 2 amide bonds. The Morgan fingerprint density at radius 2 is 1.81 bits per heavy atom. The number of halogens is 3. The van der Waals surface area contributed by atoms with Gasteiger partial charge < -0.3 is 15.0 Å². The van der Waals surface area contributed by atoms with E-state index in [0.29, 0.717) is 39.3 Å². The average Bonchev–Trinajstić information content (AvgIpc) is 2.74. The van der Waals surface area contributed by atoms with Gasteiger partial charge in [-0.3, -0.25) is 9.59 Å². The van der Waals surface area contributed by atoms with E-state index in [9.17, 15) is 9.59 Å². The summed E-state index contributed by atoms with van der Waals surface area (Å²) >= 11 is 18.4. The third-order valence-corrected chi connectivity index (χ3v) is 5.66. The van der Waals surface area contributed by atoms with Gasteiger partial charge in [-0.2, -0.15) is 0 Å². The predicted octanol–water partition coefficient (Wildman–Crippen LogP) is 5.75. The number of benzene rings is 2. The number of nitrogens with one attached hydrogen (secondary N) is 1. The van der Waals surface area contributed by atoms with Crippen LogP contribution in [0, 0.1) is 0 Å². The molecule has 0 saturated carbocycles. The van der Waals surface area contributed by atoms with E-state index < -0.39 is 6.04 Å². The van der Waals surface area contributed by atoms with E-state index >= 15 is 0 Å². The fourth-order valence-electron chi connectivity index (χ4n) is 3.04. The van der Waals surface area contributed by atoms with E-state index in [0.717, 1.165) is 12.8 Å². The van der Waals surface area contributed by atoms with Crippen LogP contribution >= 0.6 is 34.8 Å². The van der Waals surface area contributed by atoms with Crippen molar-refractivity contribution in [1.29, 1.82) is 0 Å². The fourth-order valence-corrected chi connectivity index (χ4v) is 3.70. The molecule has 0 radical (unpaired) electrons. The topological polar surface area (TPSA) is 58.6 Å². The van der Waals surface area contributed by atoms with E-state index in [2.05, 4.69) is 5.32 Å². The largest absolute Gasteiger partial charge is 0.482 e. The Morgan fingerprint density at radius 3 is 2.45 bits per heavy atom. The first kappa shape index (κ1) is 25.3. The molecule has 1 N–H and O–H groups in total. The smallest absolute Gasteiger partial charge is 0.261 e. The molecule has 8 heteroatoms. The minimum Gasteiger partial charge on any atom is -0.482 e. The summed E-state index contributed by atoms with van der Waals surface area (Å²) in [5.41, 5.74) is 0.692. The highest BCUT2D eigenvalue weighted by atomic mass is 35.5. The molecular formula is C23H27Cl3N2O3. The maximum Gasteiger partial charge on any atom is 0.261 e. The Morgan fingerprint density at radius 1 is 1.06 bits per heavy atom. The highest BCUT2D eigenvalue weighted by Crippen LogP contribution is 2.25. The molecule has 2 rings (SSSR count). The second-order valence-corrected chi connectivity index (χ2v) is 8.30. The van der Waals surface area contributed by atoms with Gasteiger partial charge in [-0.1, -0.05) is 73.3 Å². The van der Waals surface area contributed by atoms with Crippen molar-refractivity contribution in [2.75, 3.05) is 13.2 Å². The first-order valence-electron chi connectivity index (χ1n) is 10.3. The van der Waals surface area contributed by atoms with Gasteiger partial charge in [0, 0.05) is 23.1 Å². The summed E-state index contributed by atoms with van der Waals surface area (Å²) in [4.78, 5) is 27.5. The molecule has 0 aliphatic heterocycles. The van der Waals surface area contributed by atoms with Crippen LogP contribution in [0.5, 0.6) is 5.75 Å². The summed E-state index contributed by atoms with van der Waals surface area (Å²) < 4.78 is 5.63. The first-order chi connectivity index (χ1) is 14.9. The predicted molar refractivity (Wildman–Crippen MR) is 126 cm³/mol. The lowest BCUT2D eigenvalue weighted by Gasteiger charge is -2.31. The standard InChI is InChI=1S/C23H27Cl3N2O3/c1-3-5-12-27-23(30)20(4-2)28(14-16-10-11-17(24)13-19(16)26)22(29)15-31-21-9-7-6-8-18(21)25/h6-11,13,20H,3-5,12,14-15H2,1-2H3,(H,27,30)/t20-/m0/s1. The van der Waals surface area contributed by atoms with Crippen molar-refractivity contribution in [2.24, 2.45) is 0 Å². The Labute approximate surface area is 198 Å². The first-order valence-corrected chi connectivity index (χ1v) is 11.4. The quantitative estimate of drug-likeness (QED) is 0.412. The van der Waals surface area contributed by atoms with Crippen LogP contribution in [0.4, 0.5) is 0 Å². The minimum atomic E-state index is -0.661. The summed E-state index contributed by atoms with van der Waals surface area (Å²) in [5.74, 6) is -0.141. The summed E-state index contributed by atoms with van der Waals surface area (Å²) in [7, 11) is 0. The summed E-state index contributed by atoms with van der Waals surface area (Å²) in [6, 6.07) is 11.3. The van der Waals surface area contributed by atoms with Crippen molar-refractivity contribution in [3.8, 4) is 5.75 Å². The number of hydrogen-bond donors (Lipinski definition) is 1. The number of rotatable bonds is 11. The Hall–Kier alpha value is -1.95. The van der Waals surface area contributed by atoms with Gasteiger partial charge in [0.05, 0.1) is 5.02 Å². The minimum absolute atomic E-state index is 0.153. The van der Waals surface area contributed by atoms with Gasteiger partial charge in [0.15, 0.2) is 6.61 Å². The van der Waals surface area contributed by atoms with Gasteiger partial charge in [0.2, 0.25) is 5.91 Å². The molecule has 0 saturated heterocycles. The fraction of sp³-hybridized carbons (Fsp3) is 0.391. The molecular weight excluding hydrogens is 459 g/mol. The Balaban J connectivity index is 2.23. The normalized spacial score (nSPS) is 11.6. The van der Waals surface area contributed by atoms with Crippen LogP contribution in [-0.2, 0) is 16.1 Å². The second kappa shape index (κ2) is 12.8. The molecule has 0 aliphatic rings. The van der Waals surface area contributed by atoms with Gasteiger partial charge in [0.1, 0.15) is 11.8 Å². The molecule has 31 heavy (non-hydrogen) atoms. The summed E-state index contributed by atoms with van der Waals surface area (Å²) in [6.45, 7) is 4.37. The van der Waals surface area contributed by atoms with Gasteiger partial charge in [-0.15, -0.1) is 0 Å². The van der Waals surface area contributed by atoms with E-state index in [1.165, 1.54) is 4.90 Å². The van der Waals surface area contributed by atoms with Crippen molar-refractivity contribution >= 4 is 46.6 Å². The molecule has 0 bridgehead atoms. The zero-order valence-corrected chi connectivity index (χ0v) is 19.9. The van der Waals surface area contributed by atoms with Crippen LogP contribution in [0.25, 0.3) is 0 Å². The van der Waals surface area contributed by atoms with Crippen LogP contribution in [0.3, 0.4) is 0 Å². The lowest BCUT2D eigenvalue weighted by Crippen LogP contribution is -2.50. The Kier molecular flexibility index (Phi) is 10.4. The summed E-state index contributed by atoms with van der Waals surface area (Å²) in [6.07, 6.45) is 2.28. The number of nitrogens with zero attached hydrogens (tertiary/aromatic N) is 1. The third-order valence-electron chi connectivity index (χ3n) is 4.76. The third kappa shape index (κ3) is 7.60. The number of unbranched alkanes of at least 4 members (excludes halogenated alkanes) is 1. The monoisotopic (exact) mass is 484 g/mol. The van der Waals surface area contributed by atoms with E-state index in [1.54, 1.807) is 42.5 Å². The van der Waals surface area contributed by atoms with Crippen molar-refractivity contribution < 1.29 is 14.3 Å². The molecule has 5 nitrogen and oxygen atoms in total. The van der Waals surface area contributed by atoms with Gasteiger partial charge in [0.25, 0.3) is 5.91 Å². The van der Waals surface area contributed by atoms with E-state index in [4.69, 9.17) is 39.5 Å². The lowest BCUT2D eigenvalue weighted by atomic mass is 10.1. The molecule has 1 atom stereocenters. The van der Waals surface area contributed by atoms with Crippen LogP contribution < -0.4 is 10.1 Å². The molecule has 168 valence electrons. The average molecular weight is 486 g/mol. The van der Waals surface area contributed by atoms with E-state index in [-0.39, 0.29) is 25.0 Å². The molecule has 0 fully saturated rings. The molecule has 0 unspecified atom stereocenters. The highest BCUT2D eigenvalue weighted by molar-refractivity contribution is 6.35. The summed E-state index contributed by atoms with van der Waals surface area (Å²) in [5, 5.41) is 4.25. The molecule has 2 aromatic rings. The second-order valence-electron chi connectivity index (χ2n) is 7.05. The highest BCUT2D eigenvalue weighted by Gasteiger charge is 2.29. The zero-order chi connectivity index (χ0) is 22.8. The molecule has 0 aliphatic carbocycles. The van der Waals surface area contributed by atoms with Crippen molar-refractivity contribution in [3.63, 3.8) is 0 Å². The van der Waals surface area contributed by atoms with Crippen molar-refractivity contribution in [1.82, 2.24) is 10.2 Å². The van der Waals surface area contributed by atoms with Gasteiger partial charge in [-0.25, -0.2) is 0 Å². The van der Waals surface area contributed by atoms with Gasteiger partial charge >= 0.3 is 0 Å². The molecule has 0 spiro atoms. The maximum atomic E-state index is 13.2. The molecule has 0 heterocycles. The number of carbonyl (C=O) groups excluding carboxylic acids is 2. The number of carbonyl (C=O) groups is 2. The van der Waals surface area contributed by atoms with Crippen LogP contribution in [0.15, 0.2) is 42.5 Å². The van der Waals surface area contributed by atoms with Crippen LogP contribution in [0.1, 0.15) is 38.7 Å². The Bertz CT molecular complexity index is 892. The van der Waals surface area contributed by atoms with Crippen molar-refractivity contribution in [3.05, 3.63) is 63.1 Å². The van der Waals surface area contributed by atoms with Gasteiger partial charge in [-0.05, 0) is 42.7 Å². The number of ether oxygens (including phenoxy) is 1. The number of para-hydroxylation sites is 1. The van der Waals surface area contributed by atoms with Crippen molar-refractivity contribution in [2.45, 2.75) is 45.7 Å². The molecule has 2 aromatic carbocycles.